The lowest BCUT2D eigenvalue weighted by Crippen LogP contribution is -2.53. The molecule has 1 rings (SSSR count). The van der Waals surface area contributed by atoms with Gasteiger partial charge >= 0.3 is 12.0 Å². The van der Waals surface area contributed by atoms with Crippen molar-refractivity contribution in [2.24, 2.45) is 0 Å². The van der Waals surface area contributed by atoms with Crippen molar-refractivity contribution in [2.75, 3.05) is 5.32 Å². The molecule has 0 heterocycles. The quantitative estimate of drug-likeness (QED) is 0.631. The number of hydrogen-bond donors (Lipinski definition) is 1. The second kappa shape index (κ2) is 4.23. The summed E-state index contributed by atoms with van der Waals surface area (Å²) in [6.45, 7) is 0. The maximum Gasteiger partial charge on any atom is 0.447 e. The molecule has 0 aliphatic rings. The van der Waals surface area contributed by atoms with Gasteiger partial charge in [-0.2, -0.15) is 13.2 Å². The first-order valence-electron chi connectivity index (χ1n) is 4.14. The van der Waals surface area contributed by atoms with Crippen LogP contribution in [0.2, 0.25) is 0 Å². The largest absolute Gasteiger partial charge is 0.447 e. The molecule has 1 atom stereocenters. The first kappa shape index (κ1) is 12.7. The number of benzene rings is 1. The molecule has 0 saturated carbocycles. The van der Waals surface area contributed by atoms with E-state index < -0.39 is 18.4 Å². The minimum absolute atomic E-state index is 0.373. The third-order valence-corrected chi connectivity index (χ3v) is 1.81. The fourth-order valence-electron chi connectivity index (χ4n) is 0.981. The summed E-state index contributed by atoms with van der Waals surface area (Å²) in [5, 5.41) is 1.15. The molecule has 0 aromatic heterocycles. The van der Waals surface area contributed by atoms with Crippen molar-refractivity contribution in [1.82, 2.24) is 0 Å². The van der Waals surface area contributed by atoms with Crippen LogP contribution in [-0.2, 0) is 0 Å². The summed E-state index contributed by atoms with van der Waals surface area (Å²) in [4.78, 5) is 0. The zero-order valence-electron chi connectivity index (χ0n) is 7.73. The van der Waals surface area contributed by atoms with Crippen molar-refractivity contribution in [3.05, 3.63) is 30.3 Å². The van der Waals surface area contributed by atoms with Crippen LogP contribution in [0.1, 0.15) is 0 Å². The molecule has 90 valence electrons. The second-order valence-corrected chi connectivity index (χ2v) is 3.00. The normalized spacial score (nSPS) is 15.9. The lowest BCUT2D eigenvalue weighted by molar-refractivity contribution is -0.255. The maximum atomic E-state index is 13.1. The average Bonchev–Trinajstić information content (AvgIpc) is 2.17. The molecule has 0 bridgehead atoms. The predicted octanol–water partition coefficient (Wildman–Crippen LogP) is 3.59. The van der Waals surface area contributed by atoms with Gasteiger partial charge in [0.1, 0.15) is 0 Å². The molecule has 1 nitrogen and oxygen atoms in total. The maximum absolute atomic E-state index is 13.1. The molecule has 0 aliphatic heterocycles. The number of halogens is 6. The third-order valence-electron chi connectivity index (χ3n) is 1.81. The first-order chi connectivity index (χ1) is 7.27. The highest BCUT2D eigenvalue weighted by molar-refractivity contribution is 5.45. The Morgan fingerprint density at radius 3 is 1.81 bits per heavy atom. The molecule has 16 heavy (non-hydrogen) atoms. The van der Waals surface area contributed by atoms with Gasteiger partial charge in [-0.25, -0.2) is 13.2 Å². The molecule has 1 aromatic rings. The molecule has 0 spiro atoms. The Labute approximate surface area is 87.1 Å². The standard InChI is InChI=1S/C9H7F6N/c10-7(11)8(12,9(13,14)15)16-6-4-2-1-3-5-6/h1-5,7,16H. The van der Waals surface area contributed by atoms with Crippen molar-refractivity contribution in [3.63, 3.8) is 0 Å². The molecule has 7 heteroatoms. The van der Waals surface area contributed by atoms with E-state index in [-0.39, 0.29) is 5.69 Å². The zero-order chi connectivity index (χ0) is 12.4. The van der Waals surface area contributed by atoms with Crippen LogP contribution in [0, 0.1) is 0 Å². The fraction of sp³-hybridized carbons (Fsp3) is 0.333. The summed E-state index contributed by atoms with van der Waals surface area (Å²) in [7, 11) is 0. The Hall–Kier alpha value is -1.40. The highest BCUT2D eigenvalue weighted by Crippen LogP contribution is 2.39. The number of hydrogen-bond acceptors (Lipinski definition) is 1. The number of rotatable bonds is 3. The van der Waals surface area contributed by atoms with Gasteiger partial charge in [0, 0.05) is 5.69 Å². The minimum Gasteiger partial charge on any atom is -0.341 e. The summed E-state index contributed by atoms with van der Waals surface area (Å²) in [6.07, 6.45) is -9.91. The minimum atomic E-state index is -5.70. The van der Waals surface area contributed by atoms with Gasteiger partial charge in [-0.1, -0.05) is 18.2 Å². The van der Waals surface area contributed by atoms with E-state index in [1.54, 1.807) is 0 Å². The van der Waals surface area contributed by atoms with Crippen molar-refractivity contribution >= 4 is 5.69 Å². The molecule has 0 aliphatic carbocycles. The molecule has 0 amide bonds. The SMILES string of the molecule is FC(F)C(F)(Nc1ccccc1)C(F)(F)F. The van der Waals surface area contributed by atoms with E-state index >= 15 is 0 Å². The van der Waals surface area contributed by atoms with Crippen LogP contribution in [0.5, 0.6) is 0 Å². The van der Waals surface area contributed by atoms with Crippen LogP contribution < -0.4 is 5.32 Å². The smallest absolute Gasteiger partial charge is 0.341 e. The van der Waals surface area contributed by atoms with Gasteiger partial charge in [0.25, 0.3) is 6.43 Å². The van der Waals surface area contributed by atoms with Crippen molar-refractivity contribution in [1.29, 1.82) is 0 Å². The molecule has 0 fully saturated rings. The Balaban J connectivity index is 2.98. The summed E-state index contributed by atoms with van der Waals surface area (Å²) >= 11 is 0. The van der Waals surface area contributed by atoms with E-state index in [0.717, 1.165) is 17.4 Å². The highest BCUT2D eigenvalue weighted by Gasteiger charge is 2.63. The molecular weight excluding hydrogens is 236 g/mol. The van der Waals surface area contributed by atoms with Crippen LogP contribution in [0.4, 0.5) is 32.0 Å². The molecule has 0 saturated heterocycles. The van der Waals surface area contributed by atoms with Gasteiger partial charge in [-0.05, 0) is 12.1 Å². The van der Waals surface area contributed by atoms with Crippen LogP contribution in [0.15, 0.2) is 30.3 Å². The number of anilines is 1. The second-order valence-electron chi connectivity index (χ2n) is 3.00. The summed E-state index contributed by atoms with van der Waals surface area (Å²) < 4.78 is 73.7. The Morgan fingerprint density at radius 1 is 0.938 bits per heavy atom. The van der Waals surface area contributed by atoms with E-state index in [9.17, 15) is 26.3 Å². The first-order valence-corrected chi connectivity index (χ1v) is 4.14. The Morgan fingerprint density at radius 2 is 1.44 bits per heavy atom. The molecular formula is C9H7F6N. The third kappa shape index (κ3) is 2.40. The van der Waals surface area contributed by atoms with Gasteiger partial charge < -0.3 is 5.32 Å². The van der Waals surface area contributed by atoms with E-state index in [0.29, 0.717) is 0 Å². The zero-order valence-corrected chi connectivity index (χ0v) is 7.73. The van der Waals surface area contributed by atoms with Crippen LogP contribution in [0.25, 0.3) is 0 Å². The monoisotopic (exact) mass is 243 g/mol. The van der Waals surface area contributed by atoms with Gasteiger partial charge in [0.05, 0.1) is 0 Å². The van der Waals surface area contributed by atoms with E-state index in [4.69, 9.17) is 0 Å². The van der Waals surface area contributed by atoms with E-state index in [2.05, 4.69) is 0 Å². The lowest BCUT2D eigenvalue weighted by Gasteiger charge is -2.28. The molecule has 1 N–H and O–H groups in total. The lowest BCUT2D eigenvalue weighted by atomic mass is 10.2. The molecule has 1 aromatic carbocycles. The Bertz CT molecular complexity index is 336. The summed E-state index contributed by atoms with van der Waals surface area (Å²) in [5.74, 6) is -4.74. The van der Waals surface area contributed by atoms with Gasteiger partial charge in [0.15, 0.2) is 0 Å². The van der Waals surface area contributed by atoms with Crippen molar-refractivity contribution < 1.29 is 26.3 Å². The van der Waals surface area contributed by atoms with Crippen LogP contribution >= 0.6 is 0 Å². The Kier molecular flexibility index (Phi) is 3.35. The number of nitrogens with one attached hydrogen (secondary N) is 1. The van der Waals surface area contributed by atoms with Crippen LogP contribution in [-0.4, -0.2) is 18.4 Å². The van der Waals surface area contributed by atoms with Crippen LogP contribution in [0.3, 0.4) is 0 Å². The molecule has 1 unspecified atom stereocenters. The topological polar surface area (TPSA) is 12.0 Å². The van der Waals surface area contributed by atoms with Gasteiger partial charge in [-0.3, -0.25) is 0 Å². The van der Waals surface area contributed by atoms with Gasteiger partial charge in [-0.15, -0.1) is 0 Å². The van der Waals surface area contributed by atoms with E-state index in [1.807, 2.05) is 0 Å². The predicted molar refractivity (Wildman–Crippen MR) is 46.0 cm³/mol. The average molecular weight is 243 g/mol. The molecule has 0 radical (unpaired) electrons. The van der Waals surface area contributed by atoms with Crippen molar-refractivity contribution in [3.8, 4) is 0 Å². The van der Waals surface area contributed by atoms with E-state index in [1.165, 1.54) is 18.2 Å². The highest BCUT2D eigenvalue weighted by atomic mass is 19.4. The van der Waals surface area contributed by atoms with Crippen molar-refractivity contribution in [2.45, 2.75) is 18.4 Å². The van der Waals surface area contributed by atoms with Gasteiger partial charge in [0.2, 0.25) is 0 Å². The fourth-order valence-corrected chi connectivity index (χ4v) is 0.981. The summed E-state index contributed by atoms with van der Waals surface area (Å²) in [5.41, 5.74) is -0.373. The summed E-state index contributed by atoms with van der Waals surface area (Å²) in [6, 6.07) is 6.17. The number of alkyl halides is 6. The number of para-hydroxylation sites is 1.